The predicted molar refractivity (Wildman–Crippen MR) is 135 cm³/mol. The number of nitrogens with one attached hydrogen (secondary N) is 1. The maximum absolute atomic E-state index is 14.4. The molecule has 5 aromatic rings. The Morgan fingerprint density at radius 3 is 2.61 bits per heavy atom. The van der Waals surface area contributed by atoms with E-state index in [2.05, 4.69) is 20.5 Å². The molecule has 0 bridgehead atoms. The molecule has 1 amide bonds. The van der Waals surface area contributed by atoms with Gasteiger partial charge in [0.1, 0.15) is 0 Å². The number of aryl methyl sites for hydroxylation is 1. The Kier molecular flexibility index (Phi) is 5.47. The Balaban J connectivity index is 1.54. The van der Waals surface area contributed by atoms with Gasteiger partial charge in [-0.25, -0.2) is 9.67 Å². The van der Waals surface area contributed by atoms with Crippen LogP contribution in [-0.4, -0.2) is 41.1 Å². The van der Waals surface area contributed by atoms with Gasteiger partial charge in [-0.1, -0.05) is 6.07 Å². The third-order valence-corrected chi connectivity index (χ3v) is 6.79. The van der Waals surface area contributed by atoms with E-state index < -0.39 is 17.8 Å². The maximum atomic E-state index is 14.4. The number of nitrogens with two attached hydrogens (primary N) is 1. The van der Waals surface area contributed by atoms with Gasteiger partial charge >= 0.3 is 6.18 Å². The van der Waals surface area contributed by atoms with E-state index in [0.717, 1.165) is 24.8 Å². The summed E-state index contributed by atoms with van der Waals surface area (Å²) in [5.74, 6) is -0.624. The Bertz CT molecular complexity index is 1680. The maximum Gasteiger partial charge on any atom is 0.435 e. The van der Waals surface area contributed by atoms with Gasteiger partial charge in [0.15, 0.2) is 5.69 Å². The summed E-state index contributed by atoms with van der Waals surface area (Å²) in [5.41, 5.74) is 7.46. The van der Waals surface area contributed by atoms with Crippen LogP contribution in [0, 0.1) is 0 Å². The summed E-state index contributed by atoms with van der Waals surface area (Å²) >= 11 is 0. The highest BCUT2D eigenvalue weighted by molar-refractivity contribution is 5.96. The number of benzene rings is 2. The number of aromatic nitrogens is 6. The second-order valence-corrected chi connectivity index (χ2v) is 9.37. The van der Waals surface area contributed by atoms with Crippen LogP contribution < -0.4 is 11.1 Å². The van der Waals surface area contributed by atoms with E-state index in [1.165, 1.54) is 17.1 Å². The summed E-state index contributed by atoms with van der Waals surface area (Å²) in [6.45, 7) is 0. The molecule has 1 saturated carbocycles. The first-order valence-corrected chi connectivity index (χ1v) is 12.0. The highest BCUT2D eigenvalue weighted by Crippen LogP contribution is 2.39. The molecule has 9 nitrogen and oxygen atoms in total. The van der Waals surface area contributed by atoms with Gasteiger partial charge in [0, 0.05) is 36.6 Å². The molecule has 3 heterocycles. The smallest absolute Gasteiger partial charge is 0.381 e. The molecular formula is C26H23F3N8O. The predicted octanol–water partition coefficient (Wildman–Crippen LogP) is 4.69. The molecule has 0 unspecified atom stereocenters. The quantitative estimate of drug-likeness (QED) is 0.338. The van der Waals surface area contributed by atoms with Crippen molar-refractivity contribution in [1.82, 2.24) is 29.1 Å². The number of anilines is 1. The summed E-state index contributed by atoms with van der Waals surface area (Å²) < 4.78 is 47.6. The lowest BCUT2D eigenvalue weighted by Gasteiger charge is -2.28. The molecule has 6 rings (SSSR count). The summed E-state index contributed by atoms with van der Waals surface area (Å²) in [6.07, 6.45) is 4.74. The Labute approximate surface area is 214 Å². The van der Waals surface area contributed by atoms with Gasteiger partial charge in [0.25, 0.3) is 0 Å². The van der Waals surface area contributed by atoms with Gasteiger partial charge in [0.2, 0.25) is 5.91 Å². The number of halogens is 3. The number of amides is 1. The zero-order valence-corrected chi connectivity index (χ0v) is 20.3. The SMILES string of the molecule is Cn1cc(-c2cn(-c3cccc4c3c(C(F)(F)F)nn4-c3ccc(C(N)=O)cc3NC3CCC3)cn2)cn1. The van der Waals surface area contributed by atoms with Crippen molar-refractivity contribution in [3.05, 3.63) is 72.6 Å². The third-order valence-electron chi connectivity index (χ3n) is 6.79. The summed E-state index contributed by atoms with van der Waals surface area (Å²) in [5, 5.41) is 11.5. The van der Waals surface area contributed by atoms with Crippen LogP contribution in [0.25, 0.3) is 33.5 Å². The molecule has 1 aliphatic carbocycles. The van der Waals surface area contributed by atoms with Crippen LogP contribution in [0.5, 0.6) is 0 Å². The largest absolute Gasteiger partial charge is 0.435 e. The average Bonchev–Trinajstić information content (AvgIpc) is 3.59. The lowest BCUT2D eigenvalue weighted by Crippen LogP contribution is -2.28. The number of alkyl halides is 3. The lowest BCUT2D eigenvalue weighted by molar-refractivity contribution is -0.140. The van der Waals surface area contributed by atoms with E-state index in [1.807, 2.05) is 0 Å². The number of rotatable bonds is 6. The number of primary amides is 1. The van der Waals surface area contributed by atoms with E-state index in [-0.39, 0.29) is 28.2 Å². The molecule has 1 aliphatic rings. The number of imidazole rings is 1. The van der Waals surface area contributed by atoms with Gasteiger partial charge in [-0.2, -0.15) is 23.4 Å². The molecule has 0 saturated heterocycles. The van der Waals surface area contributed by atoms with Crippen molar-refractivity contribution in [2.24, 2.45) is 12.8 Å². The summed E-state index contributed by atoms with van der Waals surface area (Å²) in [4.78, 5) is 16.2. The van der Waals surface area contributed by atoms with E-state index >= 15 is 0 Å². The number of carbonyl (C=O) groups is 1. The molecule has 194 valence electrons. The van der Waals surface area contributed by atoms with Crippen molar-refractivity contribution >= 4 is 22.5 Å². The van der Waals surface area contributed by atoms with Crippen LogP contribution in [0.2, 0.25) is 0 Å². The number of carbonyl (C=O) groups excluding carboxylic acids is 1. The molecule has 0 atom stereocenters. The standard InChI is InChI=1S/C26H23F3N8O/c1-35-12-16(11-32-35)19-13-36(14-31-19)21-6-3-7-22-23(21)24(26(27,28)29)34-37(22)20-9-8-15(25(30)38)10-18(20)33-17-4-2-5-17/h3,6-14,17,33H,2,4-5H2,1H3,(H2,30,38). The molecular weight excluding hydrogens is 497 g/mol. The second-order valence-electron chi connectivity index (χ2n) is 9.37. The fourth-order valence-corrected chi connectivity index (χ4v) is 4.67. The van der Waals surface area contributed by atoms with E-state index in [1.54, 1.807) is 65.2 Å². The average molecular weight is 521 g/mol. The van der Waals surface area contributed by atoms with Crippen LogP contribution in [0.3, 0.4) is 0 Å². The first-order valence-electron chi connectivity index (χ1n) is 12.0. The van der Waals surface area contributed by atoms with Crippen molar-refractivity contribution in [3.63, 3.8) is 0 Å². The van der Waals surface area contributed by atoms with E-state index in [9.17, 15) is 18.0 Å². The van der Waals surface area contributed by atoms with Crippen molar-refractivity contribution in [2.45, 2.75) is 31.5 Å². The summed E-state index contributed by atoms with van der Waals surface area (Å²) in [7, 11) is 1.77. The molecule has 0 spiro atoms. The van der Waals surface area contributed by atoms with Crippen LogP contribution in [0.15, 0.2) is 61.3 Å². The molecule has 12 heteroatoms. The van der Waals surface area contributed by atoms with Crippen LogP contribution >= 0.6 is 0 Å². The van der Waals surface area contributed by atoms with Gasteiger partial charge in [-0.15, -0.1) is 0 Å². The first kappa shape index (κ1) is 23.8. The second kappa shape index (κ2) is 8.75. The zero-order chi connectivity index (χ0) is 26.6. The van der Waals surface area contributed by atoms with Crippen LogP contribution in [-0.2, 0) is 13.2 Å². The number of nitrogens with zero attached hydrogens (tertiary/aromatic N) is 6. The minimum absolute atomic E-state index is 0.0660. The normalized spacial score (nSPS) is 14.1. The van der Waals surface area contributed by atoms with Gasteiger partial charge in [0.05, 0.1) is 46.2 Å². The van der Waals surface area contributed by atoms with Crippen LogP contribution in [0.1, 0.15) is 35.3 Å². The van der Waals surface area contributed by atoms with Crippen molar-refractivity contribution in [2.75, 3.05) is 5.32 Å². The Morgan fingerprint density at radius 1 is 1.13 bits per heavy atom. The number of fused-ring (bicyclic) bond motifs is 1. The lowest BCUT2D eigenvalue weighted by atomic mass is 9.92. The molecule has 2 aromatic carbocycles. The van der Waals surface area contributed by atoms with Crippen molar-refractivity contribution in [1.29, 1.82) is 0 Å². The number of hydrogen-bond acceptors (Lipinski definition) is 5. The highest BCUT2D eigenvalue weighted by Gasteiger charge is 2.38. The van der Waals surface area contributed by atoms with Gasteiger partial charge in [-0.05, 0) is 49.6 Å². The molecule has 1 fully saturated rings. The Morgan fingerprint density at radius 2 is 1.95 bits per heavy atom. The Hall–Kier alpha value is -4.61. The number of hydrogen-bond donors (Lipinski definition) is 2. The minimum Gasteiger partial charge on any atom is -0.381 e. The minimum atomic E-state index is -4.72. The zero-order valence-electron chi connectivity index (χ0n) is 20.3. The van der Waals surface area contributed by atoms with E-state index in [4.69, 9.17) is 5.73 Å². The van der Waals surface area contributed by atoms with E-state index in [0.29, 0.717) is 17.1 Å². The fourth-order valence-electron chi connectivity index (χ4n) is 4.67. The molecule has 38 heavy (non-hydrogen) atoms. The first-order chi connectivity index (χ1) is 18.2. The van der Waals surface area contributed by atoms with Crippen LogP contribution in [0.4, 0.5) is 18.9 Å². The van der Waals surface area contributed by atoms with Crippen molar-refractivity contribution < 1.29 is 18.0 Å². The van der Waals surface area contributed by atoms with Gasteiger partial charge in [-0.3, -0.25) is 9.48 Å². The van der Waals surface area contributed by atoms with Crippen molar-refractivity contribution in [3.8, 4) is 22.6 Å². The summed E-state index contributed by atoms with van der Waals surface area (Å²) in [6, 6.07) is 9.65. The monoisotopic (exact) mass is 520 g/mol. The highest BCUT2D eigenvalue weighted by atomic mass is 19.4. The molecule has 3 aromatic heterocycles. The molecule has 3 N–H and O–H groups in total. The molecule has 0 aliphatic heterocycles. The fraction of sp³-hybridized carbons (Fsp3) is 0.231. The molecule has 0 radical (unpaired) electrons. The topological polar surface area (TPSA) is 109 Å². The third kappa shape index (κ3) is 4.07. The van der Waals surface area contributed by atoms with Gasteiger partial charge < -0.3 is 15.6 Å².